The molecule has 148 valence electrons. The van der Waals surface area contributed by atoms with Crippen molar-refractivity contribution in [1.82, 2.24) is 9.88 Å². The van der Waals surface area contributed by atoms with E-state index in [9.17, 15) is 4.79 Å². The summed E-state index contributed by atoms with van der Waals surface area (Å²) < 4.78 is 0. The number of likely N-dealkylation sites (tertiary alicyclic amines) is 1. The van der Waals surface area contributed by atoms with E-state index in [-0.39, 0.29) is 5.91 Å². The van der Waals surface area contributed by atoms with Crippen molar-refractivity contribution < 1.29 is 4.79 Å². The molecule has 2 aliphatic heterocycles. The average molecular weight is 378 g/mol. The van der Waals surface area contributed by atoms with Crippen LogP contribution in [0.2, 0.25) is 0 Å². The summed E-state index contributed by atoms with van der Waals surface area (Å²) in [6, 6.07) is 14.8. The van der Waals surface area contributed by atoms with Gasteiger partial charge in [0, 0.05) is 26.2 Å². The average Bonchev–Trinajstić information content (AvgIpc) is 2.75. The van der Waals surface area contributed by atoms with E-state index in [0.717, 1.165) is 44.2 Å². The molecule has 0 saturated carbocycles. The van der Waals surface area contributed by atoms with Crippen molar-refractivity contribution in [1.29, 1.82) is 0 Å². The van der Waals surface area contributed by atoms with Gasteiger partial charge in [-0.2, -0.15) is 0 Å². The van der Waals surface area contributed by atoms with Gasteiger partial charge < -0.3 is 9.80 Å². The molecule has 1 aromatic carbocycles. The Morgan fingerprint density at radius 1 is 1.04 bits per heavy atom. The van der Waals surface area contributed by atoms with Crippen LogP contribution in [0.3, 0.4) is 0 Å². The summed E-state index contributed by atoms with van der Waals surface area (Å²) in [4.78, 5) is 21.6. The zero-order valence-corrected chi connectivity index (χ0v) is 16.9. The lowest BCUT2D eigenvalue weighted by Gasteiger charge is -2.34. The van der Waals surface area contributed by atoms with Crippen molar-refractivity contribution in [2.24, 2.45) is 11.8 Å². The summed E-state index contributed by atoms with van der Waals surface area (Å²) in [6.07, 6.45) is 7.80. The number of rotatable bonds is 4. The number of piperidine rings is 2. The molecule has 0 radical (unpaired) electrons. The molecule has 0 bridgehead atoms. The van der Waals surface area contributed by atoms with E-state index >= 15 is 0 Å². The Balaban J connectivity index is 1.31. The van der Waals surface area contributed by atoms with Crippen LogP contribution in [-0.4, -0.2) is 42.0 Å². The highest BCUT2D eigenvalue weighted by atomic mass is 16.2. The molecule has 3 heterocycles. The first-order valence-corrected chi connectivity index (χ1v) is 10.7. The fourth-order valence-corrected chi connectivity index (χ4v) is 4.58. The molecule has 4 nitrogen and oxygen atoms in total. The number of carbonyl (C=O) groups excluding carboxylic acids is 1. The van der Waals surface area contributed by atoms with Gasteiger partial charge in [-0.15, -0.1) is 0 Å². The molecule has 2 fully saturated rings. The minimum Gasteiger partial charge on any atom is -0.370 e. The Morgan fingerprint density at radius 2 is 1.82 bits per heavy atom. The monoisotopic (exact) mass is 377 g/mol. The number of pyridine rings is 1. The minimum absolute atomic E-state index is 0.0830. The van der Waals surface area contributed by atoms with Gasteiger partial charge in [-0.1, -0.05) is 37.3 Å². The maximum atomic E-state index is 12.7. The molecule has 0 aliphatic carbocycles. The maximum absolute atomic E-state index is 12.7. The highest BCUT2D eigenvalue weighted by Crippen LogP contribution is 2.26. The summed E-state index contributed by atoms with van der Waals surface area (Å²) in [5.41, 5.74) is 3.16. The standard InChI is InChI=1S/C24H31N3O/c1-19-6-5-13-27(18-19)24(28)23-10-9-22(17-25-23)26-14-11-21(12-15-26)16-20-7-3-2-4-8-20/h2-4,7-10,17,19,21H,5-6,11-16,18H2,1H3. The fourth-order valence-electron chi connectivity index (χ4n) is 4.58. The Morgan fingerprint density at radius 3 is 2.50 bits per heavy atom. The molecule has 4 heteroatoms. The van der Waals surface area contributed by atoms with Crippen molar-refractivity contribution in [3.8, 4) is 0 Å². The second-order valence-corrected chi connectivity index (χ2v) is 8.52. The van der Waals surface area contributed by atoms with Gasteiger partial charge in [-0.25, -0.2) is 4.98 Å². The normalized spacial score (nSPS) is 21.0. The molecule has 1 atom stereocenters. The number of anilines is 1. The first-order valence-electron chi connectivity index (χ1n) is 10.7. The van der Waals surface area contributed by atoms with Crippen LogP contribution in [0.4, 0.5) is 5.69 Å². The van der Waals surface area contributed by atoms with Gasteiger partial charge in [0.25, 0.3) is 5.91 Å². The van der Waals surface area contributed by atoms with E-state index in [1.54, 1.807) is 0 Å². The van der Waals surface area contributed by atoms with Crippen LogP contribution < -0.4 is 4.90 Å². The summed E-state index contributed by atoms with van der Waals surface area (Å²) in [5, 5.41) is 0. The van der Waals surface area contributed by atoms with Crippen LogP contribution in [0.5, 0.6) is 0 Å². The predicted molar refractivity (Wildman–Crippen MR) is 114 cm³/mol. The maximum Gasteiger partial charge on any atom is 0.272 e. The van der Waals surface area contributed by atoms with Gasteiger partial charge in [0.1, 0.15) is 5.69 Å². The van der Waals surface area contributed by atoms with Crippen LogP contribution in [0, 0.1) is 11.8 Å². The largest absolute Gasteiger partial charge is 0.370 e. The molecular weight excluding hydrogens is 346 g/mol. The molecule has 1 aromatic heterocycles. The summed E-state index contributed by atoms with van der Waals surface area (Å²) in [6.45, 7) is 6.07. The Kier molecular flexibility index (Phi) is 5.94. The molecule has 1 unspecified atom stereocenters. The molecule has 2 saturated heterocycles. The van der Waals surface area contributed by atoms with Gasteiger partial charge in [0.05, 0.1) is 11.9 Å². The minimum atomic E-state index is 0.0830. The lowest BCUT2D eigenvalue weighted by Crippen LogP contribution is -2.39. The van der Waals surface area contributed by atoms with Gasteiger partial charge >= 0.3 is 0 Å². The van der Waals surface area contributed by atoms with Gasteiger partial charge in [0.2, 0.25) is 0 Å². The van der Waals surface area contributed by atoms with Gasteiger partial charge in [0.15, 0.2) is 0 Å². The zero-order valence-electron chi connectivity index (χ0n) is 16.9. The van der Waals surface area contributed by atoms with E-state index in [1.165, 1.54) is 31.2 Å². The van der Waals surface area contributed by atoms with Crippen LogP contribution >= 0.6 is 0 Å². The molecule has 4 rings (SSSR count). The quantitative estimate of drug-likeness (QED) is 0.792. The summed E-state index contributed by atoms with van der Waals surface area (Å²) >= 11 is 0. The smallest absolute Gasteiger partial charge is 0.272 e. The second-order valence-electron chi connectivity index (χ2n) is 8.52. The Hall–Kier alpha value is -2.36. The third-order valence-corrected chi connectivity index (χ3v) is 6.26. The molecule has 0 spiro atoms. The van der Waals surface area contributed by atoms with E-state index in [4.69, 9.17) is 0 Å². The topological polar surface area (TPSA) is 36.4 Å². The van der Waals surface area contributed by atoms with Crippen LogP contribution in [0.1, 0.15) is 48.7 Å². The number of hydrogen-bond acceptors (Lipinski definition) is 3. The highest BCUT2D eigenvalue weighted by molar-refractivity contribution is 5.92. The number of amides is 1. The number of aromatic nitrogens is 1. The molecule has 2 aliphatic rings. The van der Waals surface area contributed by atoms with E-state index in [2.05, 4.69) is 53.2 Å². The van der Waals surface area contributed by atoms with Gasteiger partial charge in [-0.3, -0.25) is 4.79 Å². The lowest BCUT2D eigenvalue weighted by atomic mass is 9.90. The van der Waals surface area contributed by atoms with Crippen LogP contribution in [-0.2, 0) is 6.42 Å². The number of benzene rings is 1. The summed E-state index contributed by atoms with van der Waals surface area (Å²) in [7, 11) is 0. The molecule has 1 amide bonds. The summed E-state index contributed by atoms with van der Waals surface area (Å²) in [5.74, 6) is 1.43. The van der Waals surface area contributed by atoms with Gasteiger partial charge in [-0.05, 0) is 61.6 Å². The zero-order chi connectivity index (χ0) is 19.3. The lowest BCUT2D eigenvalue weighted by molar-refractivity contribution is 0.0677. The fraction of sp³-hybridized carbons (Fsp3) is 0.500. The van der Waals surface area contributed by atoms with Crippen LogP contribution in [0.25, 0.3) is 0 Å². The molecule has 0 N–H and O–H groups in total. The SMILES string of the molecule is CC1CCCN(C(=O)c2ccc(N3CCC(Cc4ccccc4)CC3)cn2)C1. The third-order valence-electron chi connectivity index (χ3n) is 6.26. The van der Waals surface area contributed by atoms with Crippen LogP contribution in [0.15, 0.2) is 48.7 Å². The first-order chi connectivity index (χ1) is 13.7. The molecule has 28 heavy (non-hydrogen) atoms. The molecular formula is C24H31N3O. The Labute approximate surface area is 168 Å². The van der Waals surface area contributed by atoms with Crippen molar-refractivity contribution in [2.75, 3.05) is 31.1 Å². The van der Waals surface area contributed by atoms with Crippen molar-refractivity contribution in [3.05, 3.63) is 59.9 Å². The second kappa shape index (κ2) is 8.76. The van der Waals surface area contributed by atoms with E-state index in [1.807, 2.05) is 17.2 Å². The number of nitrogens with zero attached hydrogens (tertiary/aromatic N) is 3. The number of hydrogen-bond donors (Lipinski definition) is 0. The van der Waals surface area contributed by atoms with Crippen molar-refractivity contribution >= 4 is 11.6 Å². The van der Waals surface area contributed by atoms with Crippen molar-refractivity contribution in [2.45, 2.75) is 39.0 Å². The Bertz CT molecular complexity index is 766. The third kappa shape index (κ3) is 4.54. The highest BCUT2D eigenvalue weighted by Gasteiger charge is 2.24. The number of carbonyl (C=O) groups is 1. The molecule has 2 aromatic rings. The van der Waals surface area contributed by atoms with E-state index in [0.29, 0.717) is 11.6 Å². The van der Waals surface area contributed by atoms with E-state index < -0.39 is 0 Å². The predicted octanol–water partition coefficient (Wildman–Crippen LogP) is 4.41. The van der Waals surface area contributed by atoms with Crippen molar-refractivity contribution in [3.63, 3.8) is 0 Å². The first kappa shape index (κ1) is 19.0.